The zero-order valence-electron chi connectivity index (χ0n) is 15.4. The van der Waals surface area contributed by atoms with Gasteiger partial charge in [0.1, 0.15) is 0 Å². The molecule has 0 rings (SSSR count). The van der Waals surface area contributed by atoms with Crippen LogP contribution in [-0.4, -0.2) is 22.6 Å². The van der Waals surface area contributed by atoms with Crippen molar-refractivity contribution in [3.8, 4) is 0 Å². The lowest BCUT2D eigenvalue weighted by Gasteiger charge is -2.25. The number of ether oxygens (including phenoxy) is 1. The molecule has 23 heavy (non-hydrogen) atoms. The summed E-state index contributed by atoms with van der Waals surface area (Å²) in [6.45, 7) is 5.84. The van der Waals surface area contributed by atoms with Gasteiger partial charge in [-0.15, -0.1) is 0 Å². The molecule has 0 aromatic rings. The van der Waals surface area contributed by atoms with E-state index in [2.05, 4.69) is 13.8 Å². The third kappa shape index (κ3) is 11.2. The summed E-state index contributed by atoms with van der Waals surface area (Å²) in [5.41, 5.74) is -1.37. The summed E-state index contributed by atoms with van der Waals surface area (Å²) < 4.78 is 5.30. The zero-order chi connectivity index (χ0) is 17.6. The SMILES string of the molecule is CCCCCCCCC(C)(OC(=O)CCCCCCC)C(=O)O. The van der Waals surface area contributed by atoms with Crippen LogP contribution in [0.2, 0.25) is 0 Å². The fraction of sp³-hybridized carbons (Fsp3) is 0.895. The third-order valence-electron chi connectivity index (χ3n) is 4.28. The standard InChI is InChI=1S/C19H36O4/c1-4-6-8-10-12-14-16-19(3,18(21)22)23-17(20)15-13-11-9-7-5-2/h4-16H2,1-3H3,(H,21,22). The van der Waals surface area contributed by atoms with Crippen LogP contribution in [0.3, 0.4) is 0 Å². The number of rotatable bonds is 15. The molecule has 1 atom stereocenters. The Morgan fingerprint density at radius 3 is 1.83 bits per heavy atom. The molecule has 0 spiro atoms. The quantitative estimate of drug-likeness (QED) is 0.319. The van der Waals surface area contributed by atoms with E-state index in [0.29, 0.717) is 12.8 Å². The Morgan fingerprint density at radius 1 is 0.826 bits per heavy atom. The van der Waals surface area contributed by atoms with Crippen LogP contribution in [-0.2, 0) is 14.3 Å². The molecule has 0 heterocycles. The molecule has 0 saturated carbocycles. The molecule has 0 amide bonds. The number of hydrogen-bond acceptors (Lipinski definition) is 3. The minimum Gasteiger partial charge on any atom is -0.478 e. The second kappa shape index (κ2) is 13.4. The fourth-order valence-electron chi connectivity index (χ4n) is 2.62. The van der Waals surface area contributed by atoms with Gasteiger partial charge in [-0.3, -0.25) is 4.79 Å². The maximum atomic E-state index is 11.9. The maximum Gasteiger partial charge on any atom is 0.347 e. The van der Waals surface area contributed by atoms with Crippen molar-refractivity contribution in [3.63, 3.8) is 0 Å². The Labute approximate surface area is 142 Å². The highest BCUT2D eigenvalue weighted by Gasteiger charge is 2.36. The summed E-state index contributed by atoms with van der Waals surface area (Å²) in [6, 6.07) is 0. The summed E-state index contributed by atoms with van der Waals surface area (Å²) in [4.78, 5) is 23.3. The first-order valence-electron chi connectivity index (χ1n) is 9.41. The maximum absolute atomic E-state index is 11.9. The van der Waals surface area contributed by atoms with Crippen molar-refractivity contribution in [2.24, 2.45) is 0 Å². The van der Waals surface area contributed by atoms with Crippen molar-refractivity contribution < 1.29 is 19.4 Å². The van der Waals surface area contributed by atoms with Gasteiger partial charge in [0, 0.05) is 6.42 Å². The molecule has 0 bridgehead atoms. The van der Waals surface area contributed by atoms with Gasteiger partial charge >= 0.3 is 11.9 Å². The van der Waals surface area contributed by atoms with Crippen LogP contribution in [0.5, 0.6) is 0 Å². The highest BCUT2D eigenvalue weighted by Crippen LogP contribution is 2.22. The Kier molecular flexibility index (Phi) is 12.8. The minimum atomic E-state index is -1.37. The van der Waals surface area contributed by atoms with Gasteiger partial charge < -0.3 is 9.84 Å². The Balaban J connectivity index is 4.06. The van der Waals surface area contributed by atoms with Crippen LogP contribution in [0.1, 0.15) is 104 Å². The van der Waals surface area contributed by atoms with E-state index in [1.165, 1.54) is 39.0 Å². The van der Waals surface area contributed by atoms with E-state index < -0.39 is 11.6 Å². The summed E-state index contributed by atoms with van der Waals surface area (Å²) in [6.07, 6.45) is 12.5. The van der Waals surface area contributed by atoms with Gasteiger partial charge in [0.25, 0.3) is 0 Å². The summed E-state index contributed by atoms with van der Waals surface area (Å²) >= 11 is 0. The van der Waals surface area contributed by atoms with Gasteiger partial charge in [0.05, 0.1) is 0 Å². The molecule has 4 nitrogen and oxygen atoms in total. The zero-order valence-corrected chi connectivity index (χ0v) is 15.4. The van der Waals surface area contributed by atoms with Crippen molar-refractivity contribution in [2.75, 3.05) is 0 Å². The first-order valence-corrected chi connectivity index (χ1v) is 9.41. The molecule has 0 aliphatic heterocycles. The molecule has 4 heteroatoms. The number of aliphatic carboxylic acids is 1. The normalized spacial score (nSPS) is 13.5. The van der Waals surface area contributed by atoms with Crippen LogP contribution in [0.25, 0.3) is 0 Å². The van der Waals surface area contributed by atoms with E-state index in [4.69, 9.17) is 4.74 Å². The van der Waals surface area contributed by atoms with Gasteiger partial charge in [-0.05, 0) is 26.2 Å². The van der Waals surface area contributed by atoms with Crippen molar-refractivity contribution in [1.29, 1.82) is 0 Å². The second-order valence-electron chi connectivity index (χ2n) is 6.69. The molecule has 1 N–H and O–H groups in total. The number of carbonyl (C=O) groups is 2. The van der Waals surface area contributed by atoms with Crippen LogP contribution in [0.15, 0.2) is 0 Å². The molecular formula is C19H36O4. The molecule has 1 unspecified atom stereocenters. The molecular weight excluding hydrogens is 292 g/mol. The summed E-state index contributed by atoms with van der Waals surface area (Å²) in [5.74, 6) is -1.41. The lowest BCUT2D eigenvalue weighted by atomic mass is 9.97. The van der Waals surface area contributed by atoms with E-state index in [-0.39, 0.29) is 5.97 Å². The highest BCUT2D eigenvalue weighted by molar-refractivity contribution is 5.81. The second-order valence-corrected chi connectivity index (χ2v) is 6.69. The molecule has 136 valence electrons. The van der Waals surface area contributed by atoms with E-state index in [1.807, 2.05) is 0 Å². The van der Waals surface area contributed by atoms with Crippen LogP contribution in [0.4, 0.5) is 0 Å². The fourth-order valence-corrected chi connectivity index (χ4v) is 2.62. The number of carboxylic acids is 1. The number of esters is 1. The van der Waals surface area contributed by atoms with Gasteiger partial charge in [-0.1, -0.05) is 71.6 Å². The first-order chi connectivity index (χ1) is 11.0. The van der Waals surface area contributed by atoms with Crippen molar-refractivity contribution in [2.45, 2.75) is 110 Å². The number of carboxylic acid groups (broad SMARTS) is 1. The van der Waals surface area contributed by atoms with Crippen molar-refractivity contribution in [3.05, 3.63) is 0 Å². The number of unbranched alkanes of at least 4 members (excludes halogenated alkanes) is 9. The average molecular weight is 328 g/mol. The van der Waals surface area contributed by atoms with Crippen molar-refractivity contribution in [1.82, 2.24) is 0 Å². The Bertz CT molecular complexity index is 327. The minimum absolute atomic E-state index is 0.323. The number of carbonyl (C=O) groups excluding carboxylic acids is 1. The van der Waals surface area contributed by atoms with E-state index in [0.717, 1.165) is 38.5 Å². The smallest absolute Gasteiger partial charge is 0.347 e. The van der Waals surface area contributed by atoms with Crippen molar-refractivity contribution >= 4 is 11.9 Å². The van der Waals surface area contributed by atoms with Gasteiger partial charge in [0.2, 0.25) is 5.60 Å². The molecule has 0 radical (unpaired) electrons. The van der Waals surface area contributed by atoms with E-state index in [9.17, 15) is 14.7 Å². The molecule has 0 saturated heterocycles. The topological polar surface area (TPSA) is 63.6 Å². The molecule has 0 aliphatic carbocycles. The predicted molar refractivity (Wildman–Crippen MR) is 93.5 cm³/mol. The average Bonchev–Trinajstić information content (AvgIpc) is 2.50. The van der Waals surface area contributed by atoms with Crippen LogP contribution in [0, 0.1) is 0 Å². The monoisotopic (exact) mass is 328 g/mol. The lowest BCUT2D eigenvalue weighted by Crippen LogP contribution is -2.40. The molecule has 0 aromatic carbocycles. The van der Waals surface area contributed by atoms with Gasteiger partial charge in [-0.25, -0.2) is 4.79 Å². The summed E-state index contributed by atoms with van der Waals surface area (Å²) in [7, 11) is 0. The van der Waals surface area contributed by atoms with E-state index >= 15 is 0 Å². The van der Waals surface area contributed by atoms with Crippen LogP contribution < -0.4 is 0 Å². The first kappa shape index (κ1) is 21.9. The Hall–Kier alpha value is -1.06. The largest absolute Gasteiger partial charge is 0.478 e. The molecule has 0 fully saturated rings. The lowest BCUT2D eigenvalue weighted by molar-refractivity contribution is -0.177. The molecule has 0 aliphatic rings. The Morgan fingerprint density at radius 2 is 1.30 bits per heavy atom. The predicted octanol–water partition coefficient (Wildman–Crippen LogP) is 5.48. The van der Waals surface area contributed by atoms with E-state index in [1.54, 1.807) is 0 Å². The highest BCUT2D eigenvalue weighted by atomic mass is 16.6. The third-order valence-corrected chi connectivity index (χ3v) is 4.28. The van der Waals surface area contributed by atoms with Crippen LogP contribution >= 0.6 is 0 Å². The number of hydrogen-bond donors (Lipinski definition) is 1. The van der Waals surface area contributed by atoms with Gasteiger partial charge in [-0.2, -0.15) is 0 Å². The summed E-state index contributed by atoms with van der Waals surface area (Å²) in [5, 5.41) is 9.39. The van der Waals surface area contributed by atoms with Gasteiger partial charge in [0.15, 0.2) is 0 Å². The molecule has 0 aromatic heterocycles.